The highest BCUT2D eigenvalue weighted by atomic mass is 16.4. The Morgan fingerprint density at radius 2 is 2.00 bits per heavy atom. The summed E-state index contributed by atoms with van der Waals surface area (Å²) in [5.74, 6) is -0.822. The Labute approximate surface area is 117 Å². The van der Waals surface area contributed by atoms with Crippen LogP contribution in [0.25, 0.3) is 0 Å². The minimum Gasteiger partial charge on any atom is -0.478 e. The molecule has 6 nitrogen and oxygen atoms in total. The number of carboxylic acids is 1. The standard InChI is InChI=1S/C14H19N3O3/c18-13(17-7-2-1-3-8-17)6-4-5-12-9-11(14(19)20)10-15-16-12/h9-10H,1-8H2,(H,19,20). The smallest absolute Gasteiger partial charge is 0.337 e. The lowest BCUT2D eigenvalue weighted by molar-refractivity contribution is -0.132. The molecule has 0 unspecified atom stereocenters. The van der Waals surface area contributed by atoms with Crippen molar-refractivity contribution < 1.29 is 14.7 Å². The van der Waals surface area contributed by atoms with Crippen molar-refractivity contribution in [1.82, 2.24) is 15.1 Å². The fourth-order valence-corrected chi connectivity index (χ4v) is 2.37. The third-order valence-corrected chi connectivity index (χ3v) is 3.48. The molecule has 1 aliphatic rings. The Morgan fingerprint density at radius 1 is 1.25 bits per heavy atom. The number of aromatic nitrogens is 2. The molecule has 1 aromatic rings. The molecule has 1 aromatic heterocycles. The predicted octanol–water partition coefficient (Wildman–Crippen LogP) is 1.51. The van der Waals surface area contributed by atoms with Gasteiger partial charge >= 0.3 is 5.97 Å². The van der Waals surface area contributed by atoms with Crippen LogP contribution in [0, 0.1) is 0 Å². The first-order valence-corrected chi connectivity index (χ1v) is 6.99. The van der Waals surface area contributed by atoms with Gasteiger partial charge < -0.3 is 10.0 Å². The molecule has 0 saturated carbocycles. The lowest BCUT2D eigenvalue weighted by Crippen LogP contribution is -2.35. The van der Waals surface area contributed by atoms with Crippen LogP contribution < -0.4 is 0 Å². The zero-order chi connectivity index (χ0) is 14.4. The number of carbonyl (C=O) groups excluding carboxylic acids is 1. The maximum absolute atomic E-state index is 12.0. The SMILES string of the molecule is O=C(O)c1cnnc(CCCC(=O)N2CCCCC2)c1. The molecule has 1 N–H and O–H groups in total. The van der Waals surface area contributed by atoms with Crippen LogP contribution in [-0.2, 0) is 11.2 Å². The minimum atomic E-state index is -1.01. The van der Waals surface area contributed by atoms with Crippen molar-refractivity contribution in [3.8, 4) is 0 Å². The molecule has 1 amide bonds. The highest BCUT2D eigenvalue weighted by Gasteiger charge is 2.16. The molecule has 1 aliphatic heterocycles. The van der Waals surface area contributed by atoms with E-state index < -0.39 is 5.97 Å². The first-order valence-electron chi connectivity index (χ1n) is 6.99. The fraction of sp³-hybridized carbons (Fsp3) is 0.571. The van der Waals surface area contributed by atoms with Crippen LogP contribution in [0.1, 0.15) is 48.2 Å². The summed E-state index contributed by atoms with van der Waals surface area (Å²) in [6, 6.07) is 1.51. The monoisotopic (exact) mass is 277 g/mol. The second kappa shape index (κ2) is 6.98. The van der Waals surface area contributed by atoms with Gasteiger partial charge in [-0.1, -0.05) is 0 Å². The van der Waals surface area contributed by atoms with E-state index in [4.69, 9.17) is 5.11 Å². The van der Waals surface area contributed by atoms with Crippen molar-refractivity contribution in [2.75, 3.05) is 13.1 Å². The highest BCUT2D eigenvalue weighted by Crippen LogP contribution is 2.12. The molecule has 0 aromatic carbocycles. The van der Waals surface area contributed by atoms with E-state index in [0.29, 0.717) is 25.0 Å². The molecule has 0 atom stereocenters. The van der Waals surface area contributed by atoms with Gasteiger partial charge in [0, 0.05) is 19.5 Å². The number of carbonyl (C=O) groups is 2. The van der Waals surface area contributed by atoms with E-state index in [9.17, 15) is 9.59 Å². The first-order chi connectivity index (χ1) is 9.66. The summed E-state index contributed by atoms with van der Waals surface area (Å²) in [5, 5.41) is 16.4. The minimum absolute atomic E-state index is 0.136. The fourth-order valence-electron chi connectivity index (χ4n) is 2.37. The van der Waals surface area contributed by atoms with Gasteiger partial charge in [-0.15, -0.1) is 0 Å². The van der Waals surface area contributed by atoms with Gasteiger partial charge in [-0.3, -0.25) is 4.79 Å². The second-order valence-electron chi connectivity index (χ2n) is 5.04. The molecule has 20 heavy (non-hydrogen) atoms. The van der Waals surface area contributed by atoms with Crippen LogP contribution in [0.3, 0.4) is 0 Å². The Balaban J connectivity index is 1.79. The Kier molecular flexibility index (Phi) is 5.03. The average Bonchev–Trinajstić information content (AvgIpc) is 2.48. The van der Waals surface area contributed by atoms with Crippen molar-refractivity contribution in [2.24, 2.45) is 0 Å². The molecule has 2 rings (SSSR count). The number of likely N-dealkylation sites (tertiary alicyclic amines) is 1. The number of hydrogen-bond acceptors (Lipinski definition) is 4. The van der Waals surface area contributed by atoms with E-state index in [1.165, 1.54) is 18.7 Å². The van der Waals surface area contributed by atoms with Crippen molar-refractivity contribution >= 4 is 11.9 Å². The van der Waals surface area contributed by atoms with E-state index in [2.05, 4.69) is 10.2 Å². The number of aromatic carboxylic acids is 1. The number of rotatable bonds is 5. The van der Waals surface area contributed by atoms with E-state index in [1.54, 1.807) is 0 Å². The molecule has 2 heterocycles. The highest BCUT2D eigenvalue weighted by molar-refractivity contribution is 5.87. The van der Waals surface area contributed by atoms with Crippen LogP contribution >= 0.6 is 0 Å². The molecule has 1 fully saturated rings. The zero-order valence-electron chi connectivity index (χ0n) is 11.4. The van der Waals surface area contributed by atoms with Crippen molar-refractivity contribution in [3.05, 3.63) is 23.5 Å². The van der Waals surface area contributed by atoms with Gasteiger partial charge in [-0.05, 0) is 38.2 Å². The number of amides is 1. The van der Waals surface area contributed by atoms with Gasteiger partial charge in [-0.25, -0.2) is 4.79 Å². The molecular formula is C14H19N3O3. The molecule has 0 bridgehead atoms. The third kappa shape index (κ3) is 4.01. The van der Waals surface area contributed by atoms with Crippen LogP contribution in [-0.4, -0.2) is 45.2 Å². The van der Waals surface area contributed by atoms with E-state index in [0.717, 1.165) is 25.9 Å². The maximum Gasteiger partial charge on any atom is 0.337 e. The third-order valence-electron chi connectivity index (χ3n) is 3.48. The molecule has 6 heteroatoms. The van der Waals surface area contributed by atoms with Crippen LogP contribution in [0.4, 0.5) is 0 Å². The number of hydrogen-bond donors (Lipinski definition) is 1. The van der Waals surface area contributed by atoms with Crippen molar-refractivity contribution in [1.29, 1.82) is 0 Å². The average molecular weight is 277 g/mol. The normalized spacial score (nSPS) is 15.1. The number of nitrogens with zero attached hydrogens (tertiary/aromatic N) is 3. The van der Waals surface area contributed by atoms with E-state index in [-0.39, 0.29) is 11.5 Å². The summed E-state index contributed by atoms with van der Waals surface area (Å²) in [4.78, 5) is 24.7. The molecule has 0 spiro atoms. The summed E-state index contributed by atoms with van der Waals surface area (Å²) in [6.07, 6.45) is 6.36. The van der Waals surface area contributed by atoms with E-state index >= 15 is 0 Å². The number of aryl methyl sites for hydroxylation is 1. The summed E-state index contributed by atoms with van der Waals surface area (Å²) < 4.78 is 0. The predicted molar refractivity (Wildman–Crippen MR) is 72.4 cm³/mol. The number of piperidine rings is 1. The molecule has 0 aliphatic carbocycles. The summed E-state index contributed by atoms with van der Waals surface area (Å²) >= 11 is 0. The Morgan fingerprint density at radius 3 is 2.70 bits per heavy atom. The first kappa shape index (κ1) is 14.4. The Bertz CT molecular complexity index is 484. The van der Waals surface area contributed by atoms with Gasteiger partial charge in [0.15, 0.2) is 0 Å². The maximum atomic E-state index is 12.0. The lowest BCUT2D eigenvalue weighted by Gasteiger charge is -2.26. The number of carboxylic acid groups (broad SMARTS) is 1. The van der Waals surface area contributed by atoms with Gasteiger partial charge in [0.25, 0.3) is 0 Å². The largest absolute Gasteiger partial charge is 0.478 e. The van der Waals surface area contributed by atoms with Crippen LogP contribution in [0.5, 0.6) is 0 Å². The second-order valence-corrected chi connectivity index (χ2v) is 5.04. The quantitative estimate of drug-likeness (QED) is 0.882. The van der Waals surface area contributed by atoms with Gasteiger partial charge in [-0.2, -0.15) is 10.2 Å². The van der Waals surface area contributed by atoms with Gasteiger partial charge in [0.2, 0.25) is 5.91 Å². The van der Waals surface area contributed by atoms with Crippen LogP contribution in [0.2, 0.25) is 0 Å². The molecular weight excluding hydrogens is 258 g/mol. The van der Waals surface area contributed by atoms with Crippen molar-refractivity contribution in [3.63, 3.8) is 0 Å². The summed E-state index contributed by atoms with van der Waals surface area (Å²) in [6.45, 7) is 1.74. The summed E-state index contributed by atoms with van der Waals surface area (Å²) in [7, 11) is 0. The zero-order valence-corrected chi connectivity index (χ0v) is 11.4. The van der Waals surface area contributed by atoms with Crippen molar-refractivity contribution in [2.45, 2.75) is 38.5 Å². The van der Waals surface area contributed by atoms with Gasteiger partial charge in [0.05, 0.1) is 17.5 Å². The lowest BCUT2D eigenvalue weighted by atomic mass is 10.1. The molecule has 0 radical (unpaired) electrons. The van der Waals surface area contributed by atoms with Crippen LogP contribution in [0.15, 0.2) is 12.3 Å². The summed E-state index contributed by atoms with van der Waals surface area (Å²) in [5.41, 5.74) is 0.758. The molecule has 108 valence electrons. The van der Waals surface area contributed by atoms with E-state index in [1.807, 2.05) is 4.90 Å². The molecule has 1 saturated heterocycles. The Hall–Kier alpha value is -1.98. The topological polar surface area (TPSA) is 83.4 Å². The van der Waals surface area contributed by atoms with Gasteiger partial charge in [0.1, 0.15) is 0 Å².